The summed E-state index contributed by atoms with van der Waals surface area (Å²) in [5.41, 5.74) is 3.13. The maximum atomic E-state index is 12.5. The van der Waals surface area contributed by atoms with Crippen molar-refractivity contribution in [1.29, 1.82) is 0 Å². The predicted molar refractivity (Wildman–Crippen MR) is 95.3 cm³/mol. The molecule has 0 bridgehead atoms. The highest BCUT2D eigenvalue weighted by Crippen LogP contribution is 2.58. The van der Waals surface area contributed by atoms with E-state index in [9.17, 15) is 9.90 Å². The van der Waals surface area contributed by atoms with Crippen molar-refractivity contribution in [2.45, 2.75) is 71.1 Å². The Labute approximate surface area is 145 Å². The molecule has 1 aromatic carbocycles. The zero-order chi connectivity index (χ0) is 17.7. The van der Waals surface area contributed by atoms with Gasteiger partial charge >= 0.3 is 5.97 Å². The van der Waals surface area contributed by atoms with Gasteiger partial charge in [0.1, 0.15) is 5.75 Å². The maximum absolute atomic E-state index is 12.5. The van der Waals surface area contributed by atoms with Gasteiger partial charge in [-0.25, -0.2) is 0 Å². The molecule has 3 rings (SSSR count). The lowest BCUT2D eigenvalue weighted by atomic mass is 9.49. The van der Waals surface area contributed by atoms with E-state index in [0.29, 0.717) is 11.7 Å². The number of carbonyl (C=O) groups is 1. The van der Waals surface area contributed by atoms with Crippen molar-refractivity contribution in [2.75, 3.05) is 7.11 Å². The zero-order valence-corrected chi connectivity index (χ0v) is 15.6. The van der Waals surface area contributed by atoms with Crippen molar-refractivity contribution in [3.05, 3.63) is 28.8 Å². The normalized spacial score (nSPS) is 32.2. The molecule has 24 heavy (non-hydrogen) atoms. The topological polar surface area (TPSA) is 46.5 Å². The fourth-order valence-electron chi connectivity index (χ4n) is 5.46. The summed E-state index contributed by atoms with van der Waals surface area (Å²) in [4.78, 5) is 12.5. The molecule has 0 radical (unpaired) electrons. The first-order chi connectivity index (χ1) is 11.2. The number of aromatic hydroxyl groups is 1. The molecule has 132 valence electrons. The van der Waals surface area contributed by atoms with Crippen molar-refractivity contribution in [2.24, 2.45) is 11.3 Å². The second-order valence-electron chi connectivity index (χ2n) is 8.49. The van der Waals surface area contributed by atoms with Crippen molar-refractivity contribution in [3.8, 4) is 5.75 Å². The first-order valence-electron chi connectivity index (χ1n) is 9.18. The average molecular weight is 330 g/mol. The minimum absolute atomic E-state index is 0.0677. The van der Waals surface area contributed by atoms with E-state index in [1.54, 1.807) is 0 Å². The summed E-state index contributed by atoms with van der Waals surface area (Å²) in [6, 6.07) is 4.18. The Hall–Kier alpha value is -1.51. The van der Waals surface area contributed by atoms with Crippen molar-refractivity contribution >= 4 is 5.97 Å². The molecule has 3 atom stereocenters. The number of esters is 1. The average Bonchev–Trinajstić information content (AvgIpc) is 2.53. The summed E-state index contributed by atoms with van der Waals surface area (Å²) in [5, 5.41) is 10.5. The van der Waals surface area contributed by atoms with Gasteiger partial charge in [-0.3, -0.25) is 4.79 Å². The highest BCUT2D eigenvalue weighted by molar-refractivity contribution is 5.77. The second kappa shape index (κ2) is 5.79. The van der Waals surface area contributed by atoms with Gasteiger partial charge in [0.15, 0.2) is 0 Å². The van der Waals surface area contributed by atoms with Crippen LogP contribution < -0.4 is 0 Å². The van der Waals surface area contributed by atoms with E-state index in [4.69, 9.17) is 4.74 Å². The molecule has 1 N–H and O–H groups in total. The minimum atomic E-state index is -0.425. The Kier molecular flexibility index (Phi) is 4.17. The van der Waals surface area contributed by atoms with Crippen LogP contribution in [0.4, 0.5) is 0 Å². The van der Waals surface area contributed by atoms with Gasteiger partial charge in [0.25, 0.3) is 0 Å². The number of phenolic OH excluding ortho intramolecular Hbond substituents is 1. The van der Waals surface area contributed by atoms with E-state index >= 15 is 0 Å². The molecule has 2 aliphatic carbocycles. The molecule has 1 aromatic rings. The largest absolute Gasteiger partial charge is 0.508 e. The molecule has 0 saturated heterocycles. The molecule has 1 saturated carbocycles. The Morgan fingerprint density at radius 1 is 1.29 bits per heavy atom. The van der Waals surface area contributed by atoms with Crippen LogP contribution in [-0.2, 0) is 21.4 Å². The standard InChI is InChI=1S/C21H30O3/c1-13(2)15-11-14-7-8-18-20(3,16(14)12-17(15)22)9-6-10-21(18,4)19(23)24-5/h11-13,18,22H,6-10H2,1-5H3/t18?,20-,21-/m1/s1. The van der Waals surface area contributed by atoms with Gasteiger partial charge < -0.3 is 9.84 Å². The number of carbonyl (C=O) groups excluding carboxylic acids is 1. The Bertz CT molecular complexity index is 663. The Morgan fingerprint density at radius 3 is 2.62 bits per heavy atom. The number of hydrogen-bond acceptors (Lipinski definition) is 3. The van der Waals surface area contributed by atoms with E-state index in [2.05, 4.69) is 33.8 Å². The number of rotatable bonds is 2. The molecule has 0 heterocycles. The molecule has 0 aliphatic heterocycles. The molecule has 3 nitrogen and oxygen atoms in total. The van der Waals surface area contributed by atoms with E-state index in [0.717, 1.165) is 37.7 Å². The molecular weight excluding hydrogens is 300 g/mol. The summed E-state index contributed by atoms with van der Waals surface area (Å²) >= 11 is 0. The number of fused-ring (bicyclic) bond motifs is 3. The first-order valence-corrected chi connectivity index (χ1v) is 9.18. The quantitative estimate of drug-likeness (QED) is 0.800. The third-order valence-corrected chi connectivity index (χ3v) is 6.77. The van der Waals surface area contributed by atoms with Crippen LogP contribution >= 0.6 is 0 Å². The number of ether oxygens (including phenoxy) is 1. The van der Waals surface area contributed by atoms with E-state index < -0.39 is 5.41 Å². The molecular formula is C21H30O3. The Morgan fingerprint density at radius 2 is 2.00 bits per heavy atom. The fourth-order valence-corrected chi connectivity index (χ4v) is 5.46. The SMILES string of the molecule is COC(=O)[C@]1(C)CCC[C@]2(C)c3cc(O)c(C(C)C)cc3CCC12. The third-order valence-electron chi connectivity index (χ3n) is 6.77. The molecule has 0 aromatic heterocycles. The number of methoxy groups -OCH3 is 1. The molecule has 2 aliphatic rings. The van der Waals surface area contributed by atoms with E-state index in [-0.39, 0.29) is 17.3 Å². The van der Waals surface area contributed by atoms with Gasteiger partial charge in [-0.05, 0) is 72.6 Å². The fraction of sp³-hybridized carbons (Fsp3) is 0.667. The zero-order valence-electron chi connectivity index (χ0n) is 15.6. The van der Waals surface area contributed by atoms with E-state index in [1.165, 1.54) is 18.2 Å². The lowest BCUT2D eigenvalue weighted by Gasteiger charge is -2.54. The van der Waals surface area contributed by atoms with Gasteiger partial charge in [-0.1, -0.05) is 33.3 Å². The van der Waals surface area contributed by atoms with Crippen molar-refractivity contribution in [3.63, 3.8) is 0 Å². The Balaban J connectivity index is 2.11. The first kappa shape index (κ1) is 17.3. The minimum Gasteiger partial charge on any atom is -0.508 e. The van der Waals surface area contributed by atoms with E-state index in [1.807, 2.05) is 6.07 Å². The molecule has 0 spiro atoms. The van der Waals surface area contributed by atoms with Gasteiger partial charge in [0, 0.05) is 0 Å². The van der Waals surface area contributed by atoms with Crippen LogP contribution in [0, 0.1) is 11.3 Å². The summed E-state index contributed by atoms with van der Waals surface area (Å²) in [6.45, 7) is 8.59. The number of hydrogen-bond donors (Lipinski definition) is 1. The van der Waals surface area contributed by atoms with Gasteiger partial charge in [-0.2, -0.15) is 0 Å². The highest BCUT2D eigenvalue weighted by Gasteiger charge is 2.55. The predicted octanol–water partition coefficient (Wildman–Crippen LogP) is 4.70. The summed E-state index contributed by atoms with van der Waals surface area (Å²) < 4.78 is 5.16. The second-order valence-corrected chi connectivity index (χ2v) is 8.49. The lowest BCUT2D eigenvalue weighted by Crippen LogP contribution is -2.52. The van der Waals surface area contributed by atoms with Gasteiger partial charge in [0.05, 0.1) is 12.5 Å². The van der Waals surface area contributed by atoms with Gasteiger partial charge in [0.2, 0.25) is 0 Å². The highest BCUT2D eigenvalue weighted by atomic mass is 16.5. The van der Waals surface area contributed by atoms with Crippen molar-refractivity contribution < 1.29 is 14.6 Å². The van der Waals surface area contributed by atoms with Crippen LogP contribution in [0.25, 0.3) is 0 Å². The molecule has 1 fully saturated rings. The lowest BCUT2D eigenvalue weighted by molar-refractivity contribution is -0.161. The van der Waals surface area contributed by atoms with Gasteiger partial charge in [-0.15, -0.1) is 0 Å². The summed E-state index contributed by atoms with van der Waals surface area (Å²) in [5.74, 6) is 0.899. The number of phenols is 1. The van der Waals surface area contributed by atoms with Crippen LogP contribution in [0.15, 0.2) is 12.1 Å². The van der Waals surface area contributed by atoms with Crippen molar-refractivity contribution in [1.82, 2.24) is 0 Å². The summed E-state index contributed by atoms with van der Waals surface area (Å²) in [7, 11) is 1.50. The van der Waals surface area contributed by atoms with Crippen LogP contribution in [-0.4, -0.2) is 18.2 Å². The monoisotopic (exact) mass is 330 g/mol. The smallest absolute Gasteiger partial charge is 0.311 e. The maximum Gasteiger partial charge on any atom is 0.311 e. The van der Waals surface area contributed by atoms with Crippen LogP contribution in [0.2, 0.25) is 0 Å². The van der Waals surface area contributed by atoms with Crippen LogP contribution in [0.1, 0.15) is 76.0 Å². The summed E-state index contributed by atoms with van der Waals surface area (Å²) in [6.07, 6.45) is 4.97. The third kappa shape index (κ3) is 2.35. The van der Waals surface area contributed by atoms with Crippen LogP contribution in [0.3, 0.4) is 0 Å². The van der Waals surface area contributed by atoms with Crippen LogP contribution in [0.5, 0.6) is 5.75 Å². The molecule has 0 amide bonds. The molecule has 1 unspecified atom stereocenters. The number of aryl methyl sites for hydroxylation is 1. The number of benzene rings is 1. The molecule has 3 heteroatoms.